The van der Waals surface area contributed by atoms with Crippen LogP contribution in [-0.2, 0) is 14.2 Å². The van der Waals surface area contributed by atoms with E-state index in [1.165, 1.54) is 15.7 Å². The van der Waals surface area contributed by atoms with Crippen LogP contribution in [-0.4, -0.2) is 38.5 Å². The molecule has 0 aromatic heterocycles. The van der Waals surface area contributed by atoms with E-state index in [4.69, 9.17) is 14.2 Å². The number of methoxy groups -OCH3 is 1. The van der Waals surface area contributed by atoms with Crippen LogP contribution >= 0.6 is 11.8 Å². The van der Waals surface area contributed by atoms with Crippen molar-refractivity contribution in [1.29, 1.82) is 0 Å². The highest BCUT2D eigenvalue weighted by Gasteiger charge is 2.21. The Hall–Kier alpha value is -1.07. The van der Waals surface area contributed by atoms with Crippen LogP contribution < -0.4 is 0 Å². The highest BCUT2D eigenvalue weighted by Crippen LogP contribution is 2.25. The number of fused-ring (bicyclic) bond motifs is 1. The highest BCUT2D eigenvalue weighted by molar-refractivity contribution is 7.99. The van der Waals surface area contributed by atoms with Crippen molar-refractivity contribution in [2.75, 3.05) is 26.3 Å². The van der Waals surface area contributed by atoms with Crippen molar-refractivity contribution in [3.8, 4) is 0 Å². The molecule has 3 rings (SSSR count). The second-order valence-corrected chi connectivity index (χ2v) is 7.72. The third-order valence-electron chi connectivity index (χ3n) is 4.67. The van der Waals surface area contributed by atoms with E-state index in [1.54, 1.807) is 7.11 Å². The quantitative estimate of drug-likeness (QED) is 0.346. The summed E-state index contributed by atoms with van der Waals surface area (Å²) in [4.78, 5) is 1.34. The summed E-state index contributed by atoms with van der Waals surface area (Å²) in [5.74, 6) is 1.10. The lowest BCUT2D eigenvalue weighted by Crippen LogP contribution is -2.27. The zero-order valence-corrected chi connectivity index (χ0v) is 15.8. The van der Waals surface area contributed by atoms with E-state index in [2.05, 4.69) is 42.5 Å². The molecule has 3 nitrogen and oxygen atoms in total. The maximum absolute atomic E-state index is 6.04. The first-order valence-electron chi connectivity index (χ1n) is 9.19. The van der Waals surface area contributed by atoms with Gasteiger partial charge in [0.05, 0.1) is 12.2 Å². The van der Waals surface area contributed by atoms with Crippen molar-refractivity contribution in [1.82, 2.24) is 0 Å². The lowest BCUT2D eigenvalue weighted by atomic mass is 9.95. The molecule has 0 unspecified atom stereocenters. The van der Waals surface area contributed by atoms with E-state index in [1.807, 2.05) is 11.8 Å². The van der Waals surface area contributed by atoms with E-state index in [-0.39, 0.29) is 0 Å². The topological polar surface area (TPSA) is 27.7 Å². The zero-order valence-electron chi connectivity index (χ0n) is 15.0. The van der Waals surface area contributed by atoms with Gasteiger partial charge in [0.1, 0.15) is 6.79 Å². The van der Waals surface area contributed by atoms with E-state index in [0.717, 1.165) is 44.5 Å². The van der Waals surface area contributed by atoms with E-state index >= 15 is 0 Å². The molecular formula is C21H28O3S. The minimum atomic E-state index is 0.350. The van der Waals surface area contributed by atoms with Gasteiger partial charge in [0.15, 0.2) is 0 Å². The lowest BCUT2D eigenvalue weighted by Gasteiger charge is -2.28. The van der Waals surface area contributed by atoms with Crippen LogP contribution in [0.5, 0.6) is 0 Å². The Morgan fingerprint density at radius 1 is 0.920 bits per heavy atom. The third kappa shape index (κ3) is 6.00. The maximum Gasteiger partial charge on any atom is 0.146 e. The molecule has 0 heterocycles. The smallest absolute Gasteiger partial charge is 0.146 e. The fraction of sp³-hybridized carbons (Fsp3) is 0.524. The van der Waals surface area contributed by atoms with E-state index in [0.29, 0.717) is 19.0 Å². The molecule has 0 amide bonds. The molecule has 4 heteroatoms. The van der Waals surface area contributed by atoms with Gasteiger partial charge in [-0.05, 0) is 55.0 Å². The van der Waals surface area contributed by atoms with Gasteiger partial charge in [0, 0.05) is 24.4 Å². The van der Waals surface area contributed by atoms with Gasteiger partial charge in [0.2, 0.25) is 0 Å². The Morgan fingerprint density at radius 3 is 2.40 bits per heavy atom. The van der Waals surface area contributed by atoms with E-state index in [9.17, 15) is 0 Å². The predicted molar refractivity (Wildman–Crippen MR) is 104 cm³/mol. The summed E-state index contributed by atoms with van der Waals surface area (Å²) in [6.07, 6.45) is 6.23. The molecule has 0 N–H and O–H groups in total. The minimum Gasteiger partial charge on any atom is -0.378 e. The molecular weight excluding hydrogens is 332 g/mol. The Bertz CT molecular complexity index is 638. The standard InChI is InChI=1S/C21H28O3S/c1-22-16-24-20-10-8-19(9-11-20)23-13-4-14-25-21-12-7-17-5-2-3-6-18(17)15-21/h2-3,5-7,12,15,19-20H,4,8-11,13-14,16H2,1H3. The molecule has 2 aromatic carbocycles. The summed E-state index contributed by atoms with van der Waals surface area (Å²) in [5.41, 5.74) is 0. The molecule has 0 radical (unpaired) electrons. The summed E-state index contributed by atoms with van der Waals surface area (Å²) < 4.78 is 16.6. The fourth-order valence-electron chi connectivity index (χ4n) is 3.29. The van der Waals surface area contributed by atoms with Gasteiger partial charge in [-0.15, -0.1) is 11.8 Å². The Morgan fingerprint density at radius 2 is 1.64 bits per heavy atom. The van der Waals surface area contributed by atoms with Crippen molar-refractivity contribution in [3.05, 3.63) is 42.5 Å². The molecule has 0 saturated heterocycles. The normalized spacial score (nSPS) is 20.8. The van der Waals surface area contributed by atoms with Gasteiger partial charge >= 0.3 is 0 Å². The molecule has 0 bridgehead atoms. The van der Waals surface area contributed by atoms with Gasteiger partial charge < -0.3 is 14.2 Å². The van der Waals surface area contributed by atoms with Gasteiger partial charge in [-0.25, -0.2) is 0 Å². The van der Waals surface area contributed by atoms with Crippen molar-refractivity contribution >= 4 is 22.5 Å². The van der Waals surface area contributed by atoms with Gasteiger partial charge in [-0.1, -0.05) is 30.3 Å². The first kappa shape index (κ1) is 18.7. The Kier molecular flexibility index (Phi) is 7.61. The zero-order chi connectivity index (χ0) is 17.3. The molecule has 136 valence electrons. The largest absolute Gasteiger partial charge is 0.378 e. The van der Waals surface area contributed by atoms with Crippen molar-refractivity contribution < 1.29 is 14.2 Å². The molecule has 0 spiro atoms. The minimum absolute atomic E-state index is 0.350. The molecule has 1 aliphatic rings. The number of thioether (sulfide) groups is 1. The van der Waals surface area contributed by atoms with Crippen LogP contribution in [0.1, 0.15) is 32.1 Å². The first-order valence-corrected chi connectivity index (χ1v) is 10.2. The molecule has 0 atom stereocenters. The number of rotatable bonds is 9. The van der Waals surface area contributed by atoms with Gasteiger partial charge in [-0.2, -0.15) is 0 Å². The summed E-state index contributed by atoms with van der Waals surface area (Å²) in [5, 5.41) is 2.62. The van der Waals surface area contributed by atoms with Gasteiger partial charge in [0.25, 0.3) is 0 Å². The van der Waals surface area contributed by atoms with Crippen LogP contribution in [0.25, 0.3) is 10.8 Å². The molecule has 1 fully saturated rings. The number of hydrogen-bond acceptors (Lipinski definition) is 4. The average molecular weight is 361 g/mol. The predicted octanol–water partition coefficient (Wildman–Crippen LogP) is 5.27. The number of hydrogen-bond donors (Lipinski definition) is 0. The van der Waals surface area contributed by atoms with Crippen molar-refractivity contribution in [2.24, 2.45) is 0 Å². The molecule has 1 saturated carbocycles. The third-order valence-corrected chi connectivity index (χ3v) is 5.75. The first-order chi connectivity index (χ1) is 12.3. The van der Waals surface area contributed by atoms with Crippen LogP contribution in [0, 0.1) is 0 Å². The number of ether oxygens (including phenoxy) is 3. The van der Waals surface area contributed by atoms with Crippen LogP contribution in [0.15, 0.2) is 47.4 Å². The number of benzene rings is 2. The SMILES string of the molecule is COCOC1CCC(OCCCSc2ccc3ccccc3c2)CC1. The second-order valence-electron chi connectivity index (χ2n) is 6.55. The second kappa shape index (κ2) is 10.2. The fourth-order valence-corrected chi connectivity index (χ4v) is 4.16. The van der Waals surface area contributed by atoms with Gasteiger partial charge in [-0.3, -0.25) is 0 Å². The molecule has 2 aromatic rings. The summed E-state index contributed by atoms with van der Waals surface area (Å²) in [7, 11) is 1.67. The van der Waals surface area contributed by atoms with E-state index < -0.39 is 0 Å². The monoisotopic (exact) mass is 360 g/mol. The van der Waals surface area contributed by atoms with Crippen LogP contribution in [0.4, 0.5) is 0 Å². The van der Waals surface area contributed by atoms with Crippen molar-refractivity contribution in [2.45, 2.75) is 49.2 Å². The summed E-state index contributed by atoms with van der Waals surface area (Å²) in [6.45, 7) is 1.26. The molecule has 1 aliphatic carbocycles. The molecule has 25 heavy (non-hydrogen) atoms. The average Bonchev–Trinajstić information content (AvgIpc) is 2.67. The van der Waals surface area contributed by atoms with Crippen LogP contribution in [0.2, 0.25) is 0 Å². The highest BCUT2D eigenvalue weighted by atomic mass is 32.2. The van der Waals surface area contributed by atoms with Crippen LogP contribution in [0.3, 0.4) is 0 Å². The summed E-state index contributed by atoms with van der Waals surface area (Å²) >= 11 is 1.92. The summed E-state index contributed by atoms with van der Waals surface area (Å²) in [6, 6.07) is 15.2. The Labute approximate surface area is 155 Å². The van der Waals surface area contributed by atoms with Crippen molar-refractivity contribution in [3.63, 3.8) is 0 Å². The Balaban J connectivity index is 1.30. The maximum atomic E-state index is 6.04. The molecule has 0 aliphatic heterocycles. The lowest BCUT2D eigenvalue weighted by molar-refractivity contribution is -0.0971.